The van der Waals surface area contributed by atoms with Crippen LogP contribution in [0.2, 0.25) is 0 Å². The lowest BCUT2D eigenvalue weighted by Crippen LogP contribution is -2.31. The van der Waals surface area contributed by atoms with Crippen molar-refractivity contribution >= 4 is 31.9 Å². The lowest BCUT2D eigenvalue weighted by atomic mass is 10.1. The number of sulfonamides is 1. The van der Waals surface area contributed by atoms with Crippen molar-refractivity contribution in [1.82, 2.24) is 19.5 Å². The lowest BCUT2D eigenvalue weighted by molar-refractivity contribution is -0.118. The molecule has 28 heavy (non-hydrogen) atoms. The van der Waals surface area contributed by atoms with Crippen LogP contribution in [0.1, 0.15) is 12.5 Å². The molecule has 0 aliphatic rings. The Labute approximate surface area is 170 Å². The third-order valence-corrected chi connectivity index (χ3v) is 5.77. The number of hydrogen-bond donors (Lipinski definition) is 1. The predicted molar refractivity (Wildman–Crippen MR) is 106 cm³/mol. The molecule has 1 amide bonds. The molecule has 1 N–H and O–H groups in total. The van der Waals surface area contributed by atoms with Gasteiger partial charge in [-0.15, -0.1) is 10.2 Å². The van der Waals surface area contributed by atoms with Crippen molar-refractivity contribution < 1.29 is 17.9 Å². The molecule has 0 spiro atoms. The highest BCUT2D eigenvalue weighted by Crippen LogP contribution is 2.27. The van der Waals surface area contributed by atoms with E-state index in [1.807, 2.05) is 6.92 Å². The van der Waals surface area contributed by atoms with Crippen LogP contribution < -0.4 is 9.46 Å². The molecule has 0 atom stereocenters. The van der Waals surface area contributed by atoms with E-state index in [2.05, 4.69) is 30.8 Å². The Morgan fingerprint density at radius 1 is 1.14 bits per heavy atom. The van der Waals surface area contributed by atoms with Crippen LogP contribution in [0.5, 0.6) is 5.75 Å². The quantitative estimate of drug-likeness (QED) is 0.575. The molecule has 10 heteroatoms. The molecule has 3 aromatic rings. The van der Waals surface area contributed by atoms with Gasteiger partial charge in [0.2, 0.25) is 5.91 Å². The van der Waals surface area contributed by atoms with Crippen LogP contribution in [-0.4, -0.2) is 35.7 Å². The monoisotopic (exact) mass is 464 g/mol. The van der Waals surface area contributed by atoms with Crippen molar-refractivity contribution in [3.63, 3.8) is 0 Å². The molecule has 0 unspecified atom stereocenters. The Hall–Kier alpha value is -2.72. The SMILES string of the molecule is CCOc1ccc(S(=O)(=O)NC(=O)Cc2ccc(-n3cnnc3)cc2)cc1Br. The average Bonchev–Trinajstić information content (AvgIpc) is 3.18. The number of rotatable bonds is 7. The molecule has 0 aliphatic heterocycles. The van der Waals surface area contributed by atoms with Gasteiger partial charge in [-0.25, -0.2) is 13.1 Å². The van der Waals surface area contributed by atoms with E-state index in [1.165, 1.54) is 18.2 Å². The van der Waals surface area contributed by atoms with Gasteiger partial charge in [0.25, 0.3) is 10.0 Å². The summed E-state index contributed by atoms with van der Waals surface area (Å²) in [5, 5.41) is 7.46. The summed E-state index contributed by atoms with van der Waals surface area (Å²) in [7, 11) is -3.98. The van der Waals surface area contributed by atoms with Gasteiger partial charge in [-0.2, -0.15) is 0 Å². The number of carbonyl (C=O) groups is 1. The zero-order chi connectivity index (χ0) is 20.1. The van der Waals surface area contributed by atoms with E-state index < -0.39 is 15.9 Å². The second-order valence-corrected chi connectivity index (χ2v) is 8.30. The zero-order valence-electron chi connectivity index (χ0n) is 14.9. The number of benzene rings is 2. The number of ether oxygens (including phenoxy) is 1. The molecule has 0 saturated carbocycles. The predicted octanol–water partition coefficient (Wildman–Crippen LogP) is 2.48. The van der Waals surface area contributed by atoms with Crippen LogP contribution in [0.25, 0.3) is 5.69 Å². The van der Waals surface area contributed by atoms with Gasteiger partial charge in [0.05, 0.1) is 22.4 Å². The van der Waals surface area contributed by atoms with Crippen molar-refractivity contribution in [2.75, 3.05) is 6.61 Å². The number of amides is 1. The summed E-state index contributed by atoms with van der Waals surface area (Å²) in [6, 6.07) is 11.4. The second kappa shape index (κ2) is 8.53. The molecule has 8 nitrogen and oxygen atoms in total. The van der Waals surface area contributed by atoms with Crippen LogP contribution in [0.3, 0.4) is 0 Å². The number of nitrogens with one attached hydrogen (secondary N) is 1. The second-order valence-electron chi connectivity index (χ2n) is 5.77. The summed E-state index contributed by atoms with van der Waals surface area (Å²) >= 11 is 3.27. The molecule has 0 aliphatic carbocycles. The highest BCUT2D eigenvalue weighted by Gasteiger charge is 2.19. The van der Waals surface area contributed by atoms with E-state index in [4.69, 9.17) is 4.74 Å². The summed E-state index contributed by atoms with van der Waals surface area (Å²) in [5.74, 6) is -0.0944. The maximum atomic E-state index is 12.5. The summed E-state index contributed by atoms with van der Waals surface area (Å²) in [6.07, 6.45) is 3.05. The standard InChI is InChI=1S/C18H17BrN4O4S/c1-2-27-17-8-7-15(10-16(17)19)28(25,26)22-18(24)9-13-3-5-14(6-4-13)23-11-20-21-12-23/h3-8,10-12H,2,9H2,1H3,(H,22,24). The minimum absolute atomic E-state index is 0.0286. The van der Waals surface area contributed by atoms with E-state index in [-0.39, 0.29) is 11.3 Å². The van der Waals surface area contributed by atoms with Gasteiger partial charge in [0.1, 0.15) is 18.4 Å². The molecule has 0 bridgehead atoms. The van der Waals surface area contributed by atoms with Crippen molar-refractivity contribution in [2.45, 2.75) is 18.2 Å². The highest BCUT2D eigenvalue weighted by atomic mass is 79.9. The van der Waals surface area contributed by atoms with E-state index in [1.54, 1.807) is 41.5 Å². The van der Waals surface area contributed by atoms with Gasteiger partial charge >= 0.3 is 0 Å². The molecule has 3 rings (SSSR count). The van der Waals surface area contributed by atoms with Crippen LogP contribution >= 0.6 is 15.9 Å². The van der Waals surface area contributed by atoms with Gasteiger partial charge < -0.3 is 4.74 Å². The lowest BCUT2D eigenvalue weighted by Gasteiger charge is -2.10. The van der Waals surface area contributed by atoms with Crippen LogP contribution in [0.15, 0.2) is 64.5 Å². The third kappa shape index (κ3) is 4.76. The number of hydrogen-bond acceptors (Lipinski definition) is 6. The first-order chi connectivity index (χ1) is 13.4. The van der Waals surface area contributed by atoms with Crippen LogP contribution in [0, 0.1) is 0 Å². The first kappa shape index (κ1) is 20.0. The number of aromatic nitrogens is 3. The summed E-state index contributed by atoms with van der Waals surface area (Å²) in [6.45, 7) is 2.29. The van der Waals surface area contributed by atoms with E-state index in [0.717, 1.165) is 5.69 Å². The molecule has 0 radical (unpaired) electrons. The number of nitrogens with zero attached hydrogens (tertiary/aromatic N) is 3. The number of carbonyl (C=O) groups excluding carboxylic acids is 1. The van der Waals surface area contributed by atoms with Crippen LogP contribution in [-0.2, 0) is 21.2 Å². The first-order valence-corrected chi connectivity index (χ1v) is 10.6. The molecule has 0 fully saturated rings. The van der Waals surface area contributed by atoms with Crippen LogP contribution in [0.4, 0.5) is 0 Å². The molecule has 1 heterocycles. The largest absolute Gasteiger partial charge is 0.493 e. The van der Waals surface area contributed by atoms with Crippen molar-refractivity contribution in [3.8, 4) is 11.4 Å². The first-order valence-electron chi connectivity index (χ1n) is 8.31. The van der Waals surface area contributed by atoms with Gasteiger partial charge in [0, 0.05) is 5.69 Å². The summed E-state index contributed by atoms with van der Waals surface area (Å²) in [4.78, 5) is 12.2. The Morgan fingerprint density at radius 2 is 1.82 bits per heavy atom. The minimum atomic E-state index is -3.98. The fraction of sp³-hybridized carbons (Fsp3) is 0.167. The molecular weight excluding hydrogens is 448 g/mol. The number of halogens is 1. The van der Waals surface area contributed by atoms with Gasteiger partial charge in [0.15, 0.2) is 0 Å². The van der Waals surface area contributed by atoms with Crippen molar-refractivity contribution in [2.24, 2.45) is 0 Å². The maximum Gasteiger partial charge on any atom is 0.264 e. The Balaban J connectivity index is 1.67. The fourth-order valence-electron chi connectivity index (χ4n) is 2.47. The van der Waals surface area contributed by atoms with Gasteiger partial charge in [-0.05, 0) is 58.7 Å². The summed E-state index contributed by atoms with van der Waals surface area (Å²) in [5.41, 5.74) is 1.51. The third-order valence-electron chi connectivity index (χ3n) is 3.78. The van der Waals surface area contributed by atoms with Gasteiger partial charge in [-0.3, -0.25) is 9.36 Å². The zero-order valence-corrected chi connectivity index (χ0v) is 17.3. The van der Waals surface area contributed by atoms with E-state index in [9.17, 15) is 13.2 Å². The molecule has 0 saturated heterocycles. The molecule has 2 aromatic carbocycles. The van der Waals surface area contributed by atoms with Crippen molar-refractivity contribution in [3.05, 3.63) is 65.2 Å². The Morgan fingerprint density at radius 3 is 2.43 bits per heavy atom. The smallest absolute Gasteiger partial charge is 0.264 e. The molecule has 146 valence electrons. The maximum absolute atomic E-state index is 12.5. The average molecular weight is 465 g/mol. The van der Waals surface area contributed by atoms with Crippen molar-refractivity contribution in [1.29, 1.82) is 0 Å². The Kier molecular flexibility index (Phi) is 6.10. The topological polar surface area (TPSA) is 103 Å². The Bertz CT molecular complexity index is 1070. The molecular formula is C18H17BrN4O4S. The normalized spacial score (nSPS) is 11.2. The molecule has 1 aromatic heterocycles. The van der Waals surface area contributed by atoms with E-state index in [0.29, 0.717) is 22.4 Å². The van der Waals surface area contributed by atoms with E-state index >= 15 is 0 Å². The fourth-order valence-corrected chi connectivity index (χ4v) is 4.13. The minimum Gasteiger partial charge on any atom is -0.493 e. The highest BCUT2D eigenvalue weighted by molar-refractivity contribution is 9.10. The van der Waals surface area contributed by atoms with Gasteiger partial charge in [-0.1, -0.05) is 12.1 Å². The summed E-state index contributed by atoms with van der Waals surface area (Å²) < 4.78 is 34.6.